The molecule has 0 aromatic heterocycles. The molecule has 0 spiro atoms. The fourth-order valence-corrected chi connectivity index (χ4v) is 4.46. The lowest BCUT2D eigenvalue weighted by Crippen LogP contribution is -2.43. The van der Waals surface area contributed by atoms with Crippen molar-refractivity contribution in [3.8, 4) is 0 Å². The molecule has 1 N–H and O–H groups in total. The van der Waals surface area contributed by atoms with E-state index in [1.807, 2.05) is 23.9 Å². The maximum Gasteiger partial charge on any atom is 0.254 e. The fraction of sp³-hybridized carbons (Fsp3) is 0.632. The molecule has 1 fully saturated rings. The Morgan fingerprint density at radius 3 is 2.77 bits per heavy atom. The van der Waals surface area contributed by atoms with Crippen LogP contribution in [0.25, 0.3) is 0 Å². The summed E-state index contributed by atoms with van der Waals surface area (Å²) < 4.78 is 27.6. The molecule has 2 rings (SSSR count). The lowest BCUT2D eigenvalue weighted by Gasteiger charge is -2.35. The van der Waals surface area contributed by atoms with Crippen LogP contribution in [-0.2, 0) is 10.0 Å². The van der Waals surface area contributed by atoms with Crippen LogP contribution >= 0.6 is 0 Å². The number of benzene rings is 1. The molecule has 1 unspecified atom stereocenters. The summed E-state index contributed by atoms with van der Waals surface area (Å²) in [4.78, 5) is 17.0. The van der Waals surface area contributed by atoms with E-state index in [0.717, 1.165) is 45.2 Å². The van der Waals surface area contributed by atoms with Crippen molar-refractivity contribution < 1.29 is 13.2 Å². The molecule has 1 aromatic rings. The molecule has 1 heterocycles. The van der Waals surface area contributed by atoms with Crippen molar-refractivity contribution >= 4 is 15.9 Å². The average Bonchev–Trinajstić information content (AvgIpc) is 2.64. The Kier molecular flexibility index (Phi) is 7.61. The summed E-state index contributed by atoms with van der Waals surface area (Å²) in [5, 5.41) is 0. The van der Waals surface area contributed by atoms with E-state index in [0.29, 0.717) is 12.1 Å². The topological polar surface area (TPSA) is 69.7 Å². The highest BCUT2D eigenvalue weighted by Crippen LogP contribution is 2.22. The van der Waals surface area contributed by atoms with E-state index in [1.165, 1.54) is 6.07 Å². The van der Waals surface area contributed by atoms with E-state index in [1.54, 1.807) is 18.2 Å². The van der Waals surface area contributed by atoms with Gasteiger partial charge in [-0.3, -0.25) is 4.79 Å². The third-order valence-electron chi connectivity index (χ3n) is 4.82. The summed E-state index contributed by atoms with van der Waals surface area (Å²) in [6, 6.07) is 6.64. The number of sulfonamides is 1. The van der Waals surface area contributed by atoms with Gasteiger partial charge in [-0.05, 0) is 70.9 Å². The van der Waals surface area contributed by atoms with Gasteiger partial charge in [0.15, 0.2) is 0 Å². The van der Waals surface area contributed by atoms with Gasteiger partial charge in [-0.15, -0.1) is 0 Å². The van der Waals surface area contributed by atoms with Crippen molar-refractivity contribution in [1.82, 2.24) is 14.5 Å². The zero-order valence-electron chi connectivity index (χ0n) is 16.1. The zero-order chi connectivity index (χ0) is 19.2. The van der Waals surface area contributed by atoms with Crippen LogP contribution in [0.1, 0.15) is 49.4 Å². The molecule has 7 heteroatoms. The summed E-state index contributed by atoms with van der Waals surface area (Å²) in [5.41, 5.74) is 0.446. The lowest BCUT2D eigenvalue weighted by molar-refractivity contribution is 0.0608. The Morgan fingerprint density at radius 2 is 2.08 bits per heavy atom. The number of hydrogen-bond donors (Lipinski definition) is 1. The van der Waals surface area contributed by atoms with Crippen LogP contribution < -0.4 is 4.72 Å². The number of carbonyl (C=O) groups is 1. The molecule has 1 amide bonds. The van der Waals surface area contributed by atoms with E-state index in [-0.39, 0.29) is 16.8 Å². The van der Waals surface area contributed by atoms with Crippen LogP contribution in [0, 0.1) is 0 Å². The molecule has 146 valence electrons. The number of carbonyl (C=O) groups excluding carboxylic acids is 1. The smallest absolute Gasteiger partial charge is 0.254 e. The van der Waals surface area contributed by atoms with Gasteiger partial charge in [-0.2, -0.15) is 0 Å². The van der Waals surface area contributed by atoms with Crippen LogP contribution in [0.2, 0.25) is 0 Å². The Balaban J connectivity index is 2.10. The molecule has 26 heavy (non-hydrogen) atoms. The van der Waals surface area contributed by atoms with Gasteiger partial charge >= 0.3 is 0 Å². The SMILES string of the molecule is CCC1CCCCN1C(=O)c1cccc(S(=O)(=O)NCCCN(C)C)c1. The standard InChI is InChI=1S/C19H31N3O3S/c1-4-17-10-5-6-14-22(17)19(23)16-9-7-11-18(15-16)26(24,25)20-12-8-13-21(2)3/h7,9,11,15,17,20H,4-6,8,10,12-14H2,1-3H3. The molecule has 1 aliphatic rings. The van der Waals surface area contributed by atoms with Gasteiger partial charge in [0.05, 0.1) is 4.90 Å². The molecule has 1 aliphatic heterocycles. The predicted octanol–water partition coefficient (Wildman–Crippen LogP) is 2.32. The molecule has 0 bridgehead atoms. The Morgan fingerprint density at radius 1 is 1.31 bits per heavy atom. The molecule has 1 saturated heterocycles. The quantitative estimate of drug-likeness (QED) is 0.702. The summed E-state index contributed by atoms with van der Waals surface area (Å²) in [7, 11) is 0.301. The van der Waals surface area contributed by atoms with Gasteiger partial charge in [-0.25, -0.2) is 13.1 Å². The van der Waals surface area contributed by atoms with Gasteiger partial charge in [0, 0.05) is 24.7 Å². The number of piperidine rings is 1. The summed E-state index contributed by atoms with van der Waals surface area (Å²) in [6.07, 6.45) is 4.84. The summed E-state index contributed by atoms with van der Waals surface area (Å²) in [5.74, 6) is -0.0683. The van der Waals surface area contributed by atoms with Gasteiger partial charge in [0.25, 0.3) is 5.91 Å². The van der Waals surface area contributed by atoms with Crippen molar-refractivity contribution in [3.05, 3.63) is 29.8 Å². The summed E-state index contributed by atoms with van der Waals surface area (Å²) in [6.45, 7) is 4.03. The third kappa shape index (κ3) is 5.53. The third-order valence-corrected chi connectivity index (χ3v) is 6.28. The van der Waals surface area contributed by atoms with Crippen molar-refractivity contribution in [2.45, 2.75) is 50.0 Å². The first-order valence-electron chi connectivity index (χ1n) is 9.40. The largest absolute Gasteiger partial charge is 0.336 e. The van der Waals surface area contributed by atoms with E-state index >= 15 is 0 Å². The molecule has 0 radical (unpaired) electrons. The fourth-order valence-electron chi connectivity index (χ4n) is 3.34. The monoisotopic (exact) mass is 381 g/mol. The number of rotatable bonds is 8. The first kappa shape index (κ1) is 20.9. The zero-order valence-corrected chi connectivity index (χ0v) is 16.9. The highest BCUT2D eigenvalue weighted by atomic mass is 32.2. The second-order valence-corrected chi connectivity index (χ2v) is 8.91. The molecule has 1 aromatic carbocycles. The van der Waals surface area contributed by atoms with E-state index in [2.05, 4.69) is 11.6 Å². The van der Waals surface area contributed by atoms with Crippen LogP contribution in [0.3, 0.4) is 0 Å². The van der Waals surface area contributed by atoms with Crippen LogP contribution in [0.5, 0.6) is 0 Å². The van der Waals surface area contributed by atoms with Crippen molar-refractivity contribution in [3.63, 3.8) is 0 Å². The second-order valence-electron chi connectivity index (χ2n) is 7.14. The minimum Gasteiger partial charge on any atom is -0.336 e. The Labute approximate surface area is 157 Å². The normalized spacial score (nSPS) is 18.3. The Hall–Kier alpha value is -1.44. The first-order chi connectivity index (χ1) is 12.3. The summed E-state index contributed by atoms with van der Waals surface area (Å²) >= 11 is 0. The van der Waals surface area contributed by atoms with Crippen molar-refractivity contribution in [2.75, 3.05) is 33.7 Å². The number of amides is 1. The molecule has 0 saturated carbocycles. The Bertz CT molecular complexity index is 704. The number of nitrogens with zero attached hydrogens (tertiary/aromatic N) is 2. The minimum absolute atomic E-state index is 0.0683. The van der Waals surface area contributed by atoms with Gasteiger partial charge < -0.3 is 9.80 Å². The molecular formula is C19H31N3O3S. The predicted molar refractivity (Wildman–Crippen MR) is 104 cm³/mol. The van der Waals surface area contributed by atoms with Crippen molar-refractivity contribution in [2.24, 2.45) is 0 Å². The van der Waals surface area contributed by atoms with E-state index in [9.17, 15) is 13.2 Å². The highest BCUT2D eigenvalue weighted by Gasteiger charge is 2.27. The van der Waals surface area contributed by atoms with Gasteiger partial charge in [0.2, 0.25) is 10.0 Å². The maximum atomic E-state index is 12.9. The minimum atomic E-state index is -3.60. The first-order valence-corrected chi connectivity index (χ1v) is 10.9. The van der Waals surface area contributed by atoms with E-state index < -0.39 is 10.0 Å². The van der Waals surface area contributed by atoms with Crippen LogP contribution in [0.15, 0.2) is 29.2 Å². The maximum absolute atomic E-state index is 12.9. The second kappa shape index (κ2) is 9.48. The molecule has 1 atom stereocenters. The van der Waals surface area contributed by atoms with Crippen LogP contribution in [-0.4, -0.2) is 63.9 Å². The van der Waals surface area contributed by atoms with Gasteiger partial charge in [-0.1, -0.05) is 13.0 Å². The average molecular weight is 382 g/mol. The van der Waals surface area contributed by atoms with E-state index in [4.69, 9.17) is 0 Å². The lowest BCUT2D eigenvalue weighted by atomic mass is 9.99. The molecule has 6 nitrogen and oxygen atoms in total. The molecular weight excluding hydrogens is 350 g/mol. The number of nitrogens with one attached hydrogen (secondary N) is 1. The van der Waals surface area contributed by atoms with Gasteiger partial charge in [0.1, 0.15) is 0 Å². The number of likely N-dealkylation sites (tertiary alicyclic amines) is 1. The highest BCUT2D eigenvalue weighted by molar-refractivity contribution is 7.89. The molecule has 0 aliphatic carbocycles. The van der Waals surface area contributed by atoms with Crippen LogP contribution in [0.4, 0.5) is 0 Å². The van der Waals surface area contributed by atoms with Crippen molar-refractivity contribution in [1.29, 1.82) is 0 Å². The number of hydrogen-bond acceptors (Lipinski definition) is 4.